The van der Waals surface area contributed by atoms with Crippen molar-refractivity contribution in [2.24, 2.45) is 0 Å². The molecule has 0 aliphatic carbocycles. The number of ether oxygens (including phenoxy) is 2. The van der Waals surface area contributed by atoms with Crippen LogP contribution >= 0.6 is 0 Å². The van der Waals surface area contributed by atoms with Crippen molar-refractivity contribution in [3.8, 4) is 0 Å². The molecule has 128 valence electrons. The molecule has 3 aliphatic rings. The maximum Gasteiger partial charge on any atom is 0.316 e. The lowest BCUT2D eigenvalue weighted by Crippen LogP contribution is -2.53. The van der Waals surface area contributed by atoms with Gasteiger partial charge in [-0.3, -0.25) is 9.59 Å². The third-order valence-corrected chi connectivity index (χ3v) is 5.24. The quantitative estimate of drug-likeness (QED) is 0.674. The summed E-state index contributed by atoms with van der Waals surface area (Å²) >= 11 is 0. The largest absolute Gasteiger partial charge is 0.347 e. The second-order valence-corrected chi connectivity index (χ2v) is 6.76. The Balaban J connectivity index is 1.46. The highest BCUT2D eigenvalue weighted by atomic mass is 16.7. The van der Waals surface area contributed by atoms with E-state index in [1.807, 2.05) is 31.2 Å². The molecule has 3 heterocycles. The van der Waals surface area contributed by atoms with Crippen LogP contribution in [0.2, 0.25) is 0 Å². The fourth-order valence-corrected chi connectivity index (χ4v) is 3.95. The number of likely N-dealkylation sites (tertiary alicyclic amines) is 1. The van der Waals surface area contributed by atoms with Crippen molar-refractivity contribution in [1.29, 1.82) is 0 Å². The second-order valence-electron chi connectivity index (χ2n) is 6.76. The molecule has 0 aromatic heterocycles. The number of carbonyl (C=O) groups is 2. The van der Waals surface area contributed by atoms with Crippen LogP contribution in [0.4, 0.5) is 5.69 Å². The lowest BCUT2D eigenvalue weighted by molar-refractivity contribution is -0.187. The molecule has 0 saturated carbocycles. The fraction of sp³-hybridized carbons (Fsp3) is 0.556. The van der Waals surface area contributed by atoms with Crippen LogP contribution in [0.1, 0.15) is 25.3 Å². The summed E-state index contributed by atoms with van der Waals surface area (Å²) in [5, 5.41) is 0. The minimum absolute atomic E-state index is 0.0106. The van der Waals surface area contributed by atoms with Crippen molar-refractivity contribution in [2.75, 3.05) is 31.2 Å². The number of hydrogen-bond acceptors (Lipinski definition) is 4. The molecule has 1 unspecified atom stereocenters. The summed E-state index contributed by atoms with van der Waals surface area (Å²) in [7, 11) is 0. The number of amides is 2. The number of rotatable bonds is 0. The van der Waals surface area contributed by atoms with Gasteiger partial charge < -0.3 is 19.3 Å². The number of fused-ring (bicyclic) bond motifs is 1. The van der Waals surface area contributed by atoms with E-state index in [1.165, 1.54) is 0 Å². The number of nitrogens with zero attached hydrogens (tertiary/aromatic N) is 2. The molecule has 1 aromatic carbocycles. The number of carbonyl (C=O) groups excluding carboxylic acids is 2. The minimum atomic E-state index is -0.534. The third-order valence-electron chi connectivity index (χ3n) is 5.24. The van der Waals surface area contributed by atoms with Gasteiger partial charge in [0.15, 0.2) is 5.79 Å². The molecule has 6 nitrogen and oxygen atoms in total. The van der Waals surface area contributed by atoms with Gasteiger partial charge in [0.25, 0.3) is 0 Å². The molecule has 1 atom stereocenters. The smallest absolute Gasteiger partial charge is 0.316 e. The maximum absolute atomic E-state index is 12.8. The zero-order chi connectivity index (χ0) is 16.7. The Morgan fingerprint density at radius 2 is 1.75 bits per heavy atom. The molecule has 0 N–H and O–H groups in total. The molecule has 0 radical (unpaired) electrons. The molecule has 2 saturated heterocycles. The van der Waals surface area contributed by atoms with E-state index in [-0.39, 0.29) is 6.04 Å². The highest BCUT2D eigenvalue weighted by molar-refractivity contribution is 6.40. The summed E-state index contributed by atoms with van der Waals surface area (Å²) < 4.78 is 11.4. The van der Waals surface area contributed by atoms with Crippen LogP contribution in [-0.2, 0) is 25.5 Å². The highest BCUT2D eigenvalue weighted by Gasteiger charge is 2.43. The molecule has 6 heteroatoms. The second kappa shape index (κ2) is 5.86. The van der Waals surface area contributed by atoms with E-state index >= 15 is 0 Å². The molecule has 2 amide bonds. The van der Waals surface area contributed by atoms with Crippen LogP contribution in [0.5, 0.6) is 0 Å². The summed E-state index contributed by atoms with van der Waals surface area (Å²) in [6.45, 7) is 4.18. The molecule has 24 heavy (non-hydrogen) atoms. The van der Waals surface area contributed by atoms with E-state index in [4.69, 9.17) is 9.47 Å². The molecular formula is C18H22N2O4. The van der Waals surface area contributed by atoms with E-state index in [1.54, 1.807) is 9.80 Å². The molecule has 4 rings (SSSR count). The minimum Gasteiger partial charge on any atom is -0.347 e. The maximum atomic E-state index is 12.8. The molecule has 0 bridgehead atoms. The number of para-hydroxylation sites is 1. The standard InChI is InChI=1S/C18H22N2O4/c1-13-12-14-4-2-3-5-15(14)20(13)17(22)16(21)19-8-6-18(7-9-19)23-10-11-24-18/h2-5,13H,6-12H2,1H3. The van der Waals surface area contributed by atoms with Gasteiger partial charge in [0.2, 0.25) is 0 Å². The van der Waals surface area contributed by atoms with Gasteiger partial charge in [-0.1, -0.05) is 18.2 Å². The van der Waals surface area contributed by atoms with Crippen molar-refractivity contribution in [3.05, 3.63) is 29.8 Å². The highest BCUT2D eigenvalue weighted by Crippen LogP contribution is 2.34. The average molecular weight is 330 g/mol. The Labute approximate surface area is 141 Å². The first-order valence-electron chi connectivity index (χ1n) is 8.58. The van der Waals surface area contributed by atoms with Crippen LogP contribution < -0.4 is 4.90 Å². The van der Waals surface area contributed by atoms with Crippen LogP contribution in [0.25, 0.3) is 0 Å². The van der Waals surface area contributed by atoms with Crippen molar-refractivity contribution in [1.82, 2.24) is 4.90 Å². The van der Waals surface area contributed by atoms with Crippen molar-refractivity contribution < 1.29 is 19.1 Å². The first-order chi connectivity index (χ1) is 11.6. The average Bonchev–Trinajstić information content (AvgIpc) is 3.18. The number of benzene rings is 1. The van der Waals surface area contributed by atoms with Crippen LogP contribution in [-0.4, -0.2) is 54.8 Å². The summed E-state index contributed by atoms with van der Waals surface area (Å²) in [5.41, 5.74) is 1.98. The van der Waals surface area contributed by atoms with Crippen LogP contribution in [0.3, 0.4) is 0 Å². The van der Waals surface area contributed by atoms with Crippen molar-refractivity contribution >= 4 is 17.5 Å². The SMILES string of the molecule is CC1Cc2ccccc2N1C(=O)C(=O)N1CCC2(CC1)OCCO2. The zero-order valence-corrected chi connectivity index (χ0v) is 13.9. The monoisotopic (exact) mass is 330 g/mol. The zero-order valence-electron chi connectivity index (χ0n) is 13.9. The number of piperidine rings is 1. The van der Waals surface area contributed by atoms with Gasteiger partial charge in [0.05, 0.1) is 13.2 Å². The predicted molar refractivity (Wildman–Crippen MR) is 87.5 cm³/mol. The van der Waals surface area contributed by atoms with Crippen molar-refractivity contribution in [3.63, 3.8) is 0 Å². The molecule has 2 fully saturated rings. The molecule has 1 aromatic rings. The van der Waals surface area contributed by atoms with E-state index < -0.39 is 17.6 Å². The van der Waals surface area contributed by atoms with E-state index in [2.05, 4.69) is 0 Å². The normalized spacial score (nSPS) is 25.1. The van der Waals surface area contributed by atoms with Gasteiger partial charge in [-0.05, 0) is 25.0 Å². The first kappa shape index (κ1) is 15.6. The van der Waals surface area contributed by atoms with E-state index in [0.717, 1.165) is 17.7 Å². The van der Waals surface area contributed by atoms with Crippen LogP contribution in [0, 0.1) is 0 Å². The van der Waals surface area contributed by atoms with Gasteiger partial charge in [0.1, 0.15) is 0 Å². The van der Waals surface area contributed by atoms with Crippen molar-refractivity contribution in [2.45, 2.75) is 38.0 Å². The van der Waals surface area contributed by atoms with Gasteiger partial charge in [-0.25, -0.2) is 0 Å². The Bertz CT molecular complexity index is 659. The fourth-order valence-electron chi connectivity index (χ4n) is 3.95. The lowest BCUT2D eigenvalue weighted by atomic mass is 10.0. The first-order valence-corrected chi connectivity index (χ1v) is 8.58. The summed E-state index contributed by atoms with van der Waals surface area (Å²) in [6.07, 6.45) is 2.04. The summed E-state index contributed by atoms with van der Waals surface area (Å²) in [5.74, 6) is -1.39. The van der Waals surface area contributed by atoms with Gasteiger partial charge in [0, 0.05) is 37.7 Å². The van der Waals surface area contributed by atoms with E-state index in [0.29, 0.717) is 39.1 Å². The topological polar surface area (TPSA) is 59.1 Å². The number of anilines is 1. The Morgan fingerprint density at radius 1 is 1.08 bits per heavy atom. The van der Waals surface area contributed by atoms with E-state index in [9.17, 15) is 9.59 Å². The summed E-state index contributed by atoms with van der Waals surface area (Å²) in [6, 6.07) is 7.81. The number of hydrogen-bond donors (Lipinski definition) is 0. The molecule has 3 aliphatic heterocycles. The van der Waals surface area contributed by atoms with Gasteiger partial charge >= 0.3 is 11.8 Å². The van der Waals surface area contributed by atoms with Gasteiger partial charge in [-0.2, -0.15) is 0 Å². The molecular weight excluding hydrogens is 308 g/mol. The lowest BCUT2D eigenvalue weighted by Gasteiger charge is -2.37. The summed E-state index contributed by atoms with van der Waals surface area (Å²) in [4.78, 5) is 28.8. The predicted octanol–water partition coefficient (Wildman–Crippen LogP) is 1.33. The van der Waals surface area contributed by atoms with Crippen LogP contribution in [0.15, 0.2) is 24.3 Å². The Hall–Kier alpha value is -1.92. The Morgan fingerprint density at radius 3 is 2.46 bits per heavy atom. The Kier molecular flexibility index (Phi) is 3.81. The van der Waals surface area contributed by atoms with Gasteiger partial charge in [-0.15, -0.1) is 0 Å². The molecule has 1 spiro atoms. The third kappa shape index (κ3) is 2.50.